The number of allylic oxidation sites excluding steroid dienone is 3. The maximum Gasteiger partial charge on any atom is 0.255 e. The SMILES string of the molecule is CC1=C(C(=O)Nc2ccccn2)[C@@H](c2cccs2)C2=C(C[C@H](c3cccs3)CC2=O)N1. The highest BCUT2D eigenvalue weighted by molar-refractivity contribution is 7.10. The minimum Gasteiger partial charge on any atom is -0.362 e. The molecule has 1 amide bonds. The van der Waals surface area contributed by atoms with Gasteiger partial charge in [0, 0.05) is 50.8 Å². The van der Waals surface area contributed by atoms with E-state index in [9.17, 15) is 9.59 Å². The Bertz CT molecular complexity index is 1180. The first-order valence-corrected chi connectivity index (χ1v) is 11.9. The van der Waals surface area contributed by atoms with Crippen molar-refractivity contribution in [3.8, 4) is 0 Å². The Morgan fingerprint density at radius 1 is 1.06 bits per heavy atom. The summed E-state index contributed by atoms with van der Waals surface area (Å²) in [7, 11) is 0. The summed E-state index contributed by atoms with van der Waals surface area (Å²) in [5, 5.41) is 10.4. The summed E-state index contributed by atoms with van der Waals surface area (Å²) in [5.74, 6) is 0.185. The van der Waals surface area contributed by atoms with Crippen LogP contribution in [0, 0.1) is 0 Å². The fourth-order valence-electron chi connectivity index (χ4n) is 4.43. The largest absolute Gasteiger partial charge is 0.362 e. The zero-order chi connectivity index (χ0) is 21.4. The molecule has 156 valence electrons. The molecule has 0 radical (unpaired) electrons. The molecule has 0 aromatic carbocycles. The van der Waals surface area contributed by atoms with Gasteiger partial charge >= 0.3 is 0 Å². The number of hydrogen-bond donors (Lipinski definition) is 2. The fourth-order valence-corrected chi connectivity index (χ4v) is 6.10. The molecule has 0 bridgehead atoms. The van der Waals surface area contributed by atoms with Gasteiger partial charge in [-0.2, -0.15) is 0 Å². The molecule has 31 heavy (non-hydrogen) atoms. The standard InChI is InChI=1S/C24H21N3O2S2/c1-14-21(24(29)27-20-8-2-3-9-25-20)23(19-7-5-11-31-19)22-16(26-14)12-15(13-17(22)28)18-6-4-10-30-18/h2-11,15,23,26H,12-13H2,1H3,(H,25,27,29)/t15-,23+/m0/s1. The van der Waals surface area contributed by atoms with Gasteiger partial charge in [-0.15, -0.1) is 22.7 Å². The maximum atomic E-state index is 13.4. The Morgan fingerprint density at radius 2 is 1.84 bits per heavy atom. The van der Waals surface area contributed by atoms with E-state index in [4.69, 9.17) is 0 Å². The van der Waals surface area contributed by atoms with Gasteiger partial charge < -0.3 is 10.6 Å². The van der Waals surface area contributed by atoms with Crippen molar-refractivity contribution < 1.29 is 9.59 Å². The van der Waals surface area contributed by atoms with Crippen molar-refractivity contribution in [2.45, 2.75) is 31.6 Å². The number of carbonyl (C=O) groups excluding carboxylic acids is 2. The summed E-state index contributed by atoms with van der Waals surface area (Å²) in [5.41, 5.74) is 3.03. The van der Waals surface area contributed by atoms with Crippen LogP contribution in [0.2, 0.25) is 0 Å². The number of Topliss-reactive ketones (excluding diaryl/α,β-unsaturated/α-hetero) is 1. The predicted molar refractivity (Wildman–Crippen MR) is 124 cm³/mol. The maximum absolute atomic E-state index is 13.4. The third-order valence-electron chi connectivity index (χ3n) is 5.75. The summed E-state index contributed by atoms with van der Waals surface area (Å²) in [6.45, 7) is 1.91. The molecule has 0 spiro atoms. The lowest BCUT2D eigenvalue weighted by Crippen LogP contribution is -2.36. The number of thiophene rings is 2. The Hall–Kier alpha value is -3.03. The van der Waals surface area contributed by atoms with Gasteiger partial charge in [0.1, 0.15) is 5.82 Å². The molecule has 2 aliphatic rings. The molecular formula is C24H21N3O2S2. The molecule has 1 aliphatic heterocycles. The van der Waals surface area contributed by atoms with Gasteiger partial charge in [-0.1, -0.05) is 18.2 Å². The van der Waals surface area contributed by atoms with Crippen LogP contribution >= 0.6 is 22.7 Å². The van der Waals surface area contributed by atoms with Gasteiger partial charge in [0.15, 0.2) is 5.78 Å². The average Bonchev–Trinajstić information content (AvgIpc) is 3.47. The lowest BCUT2D eigenvalue weighted by molar-refractivity contribution is -0.116. The number of anilines is 1. The second-order valence-electron chi connectivity index (χ2n) is 7.72. The number of aromatic nitrogens is 1. The number of amides is 1. The van der Waals surface area contributed by atoms with Crippen LogP contribution in [0.3, 0.4) is 0 Å². The van der Waals surface area contributed by atoms with Crippen molar-refractivity contribution in [1.29, 1.82) is 0 Å². The van der Waals surface area contributed by atoms with Crippen LogP contribution in [0.1, 0.15) is 41.4 Å². The van der Waals surface area contributed by atoms with E-state index in [0.29, 0.717) is 17.8 Å². The molecule has 5 rings (SSSR count). The quantitative estimate of drug-likeness (QED) is 0.576. The number of rotatable bonds is 4. The van der Waals surface area contributed by atoms with E-state index in [0.717, 1.165) is 28.3 Å². The van der Waals surface area contributed by atoms with E-state index in [1.54, 1.807) is 41.0 Å². The number of ketones is 1. The van der Waals surface area contributed by atoms with Crippen molar-refractivity contribution >= 4 is 40.2 Å². The van der Waals surface area contributed by atoms with E-state index in [-0.39, 0.29) is 23.5 Å². The third-order valence-corrected chi connectivity index (χ3v) is 7.72. The molecule has 0 fully saturated rings. The van der Waals surface area contributed by atoms with Gasteiger partial charge in [-0.3, -0.25) is 9.59 Å². The summed E-state index contributed by atoms with van der Waals surface area (Å²) >= 11 is 3.27. The summed E-state index contributed by atoms with van der Waals surface area (Å²) in [6.07, 6.45) is 2.88. The van der Waals surface area contributed by atoms with Crippen molar-refractivity contribution in [2.24, 2.45) is 0 Å². The average molecular weight is 448 g/mol. The minimum absolute atomic E-state index is 0.112. The van der Waals surface area contributed by atoms with Crippen molar-refractivity contribution in [3.63, 3.8) is 0 Å². The monoisotopic (exact) mass is 447 g/mol. The first-order valence-electron chi connectivity index (χ1n) is 10.1. The second-order valence-corrected chi connectivity index (χ2v) is 9.68. The molecule has 0 saturated heterocycles. The summed E-state index contributed by atoms with van der Waals surface area (Å²) in [4.78, 5) is 33.2. The van der Waals surface area contributed by atoms with Gasteiger partial charge in [0.2, 0.25) is 0 Å². The molecule has 3 aromatic rings. The first kappa shape index (κ1) is 19.9. The van der Waals surface area contributed by atoms with Crippen LogP contribution in [0.15, 0.2) is 82.0 Å². The topological polar surface area (TPSA) is 71.1 Å². The Kier molecular flexibility index (Phi) is 5.29. The molecule has 3 aromatic heterocycles. The summed E-state index contributed by atoms with van der Waals surface area (Å²) < 4.78 is 0. The molecule has 2 N–H and O–H groups in total. The third kappa shape index (κ3) is 3.75. The number of carbonyl (C=O) groups is 2. The predicted octanol–water partition coefficient (Wildman–Crippen LogP) is 5.20. The summed E-state index contributed by atoms with van der Waals surface area (Å²) in [6, 6.07) is 13.5. The molecule has 0 unspecified atom stereocenters. The highest BCUT2D eigenvalue weighted by atomic mass is 32.1. The van der Waals surface area contributed by atoms with Crippen LogP contribution in [-0.2, 0) is 9.59 Å². The Morgan fingerprint density at radius 3 is 2.52 bits per heavy atom. The van der Waals surface area contributed by atoms with Crippen LogP contribution in [0.4, 0.5) is 5.82 Å². The minimum atomic E-state index is -0.364. The second kappa shape index (κ2) is 8.24. The first-order chi connectivity index (χ1) is 15.1. The van der Waals surface area contributed by atoms with E-state index >= 15 is 0 Å². The van der Waals surface area contributed by atoms with Crippen LogP contribution in [0.25, 0.3) is 0 Å². The van der Waals surface area contributed by atoms with Crippen molar-refractivity contribution in [3.05, 3.63) is 91.7 Å². The number of nitrogens with zero attached hydrogens (tertiary/aromatic N) is 1. The Balaban J connectivity index is 1.54. The number of nitrogens with one attached hydrogen (secondary N) is 2. The van der Waals surface area contributed by atoms with Crippen LogP contribution < -0.4 is 10.6 Å². The van der Waals surface area contributed by atoms with Gasteiger partial charge in [-0.05, 0) is 48.4 Å². The van der Waals surface area contributed by atoms with E-state index in [2.05, 4.69) is 27.1 Å². The molecule has 4 heterocycles. The van der Waals surface area contributed by atoms with Crippen LogP contribution in [0.5, 0.6) is 0 Å². The fraction of sp³-hybridized carbons (Fsp3) is 0.208. The van der Waals surface area contributed by atoms with Gasteiger partial charge in [0.05, 0.1) is 5.92 Å². The smallest absolute Gasteiger partial charge is 0.255 e. The molecule has 1 aliphatic carbocycles. The van der Waals surface area contributed by atoms with Crippen LogP contribution in [-0.4, -0.2) is 16.7 Å². The van der Waals surface area contributed by atoms with E-state index in [1.807, 2.05) is 36.6 Å². The zero-order valence-electron chi connectivity index (χ0n) is 16.9. The van der Waals surface area contributed by atoms with E-state index in [1.165, 1.54) is 4.88 Å². The normalized spacial score (nSPS) is 21.0. The van der Waals surface area contributed by atoms with E-state index < -0.39 is 0 Å². The lowest BCUT2D eigenvalue weighted by atomic mass is 9.74. The number of pyridine rings is 1. The highest BCUT2D eigenvalue weighted by Crippen LogP contribution is 2.47. The molecule has 2 atom stereocenters. The molecular weight excluding hydrogens is 426 g/mol. The van der Waals surface area contributed by atoms with Gasteiger partial charge in [0.25, 0.3) is 5.91 Å². The molecule has 0 saturated carbocycles. The number of hydrogen-bond acceptors (Lipinski definition) is 6. The highest BCUT2D eigenvalue weighted by Gasteiger charge is 2.41. The number of dihydropyridines is 1. The van der Waals surface area contributed by atoms with Gasteiger partial charge in [-0.25, -0.2) is 4.98 Å². The Labute approximate surface area is 188 Å². The van der Waals surface area contributed by atoms with Crippen molar-refractivity contribution in [1.82, 2.24) is 10.3 Å². The molecule has 5 nitrogen and oxygen atoms in total. The van der Waals surface area contributed by atoms with Crippen molar-refractivity contribution in [2.75, 3.05) is 5.32 Å². The molecule has 7 heteroatoms. The zero-order valence-corrected chi connectivity index (χ0v) is 18.6. The lowest BCUT2D eigenvalue weighted by Gasteiger charge is -2.36.